The summed E-state index contributed by atoms with van der Waals surface area (Å²) in [4.78, 5) is 13.6. The number of nitrogens with zero attached hydrogens (tertiary/aromatic N) is 1. The maximum atomic E-state index is 11.3. The molecule has 0 saturated carbocycles. The molecule has 1 aliphatic heterocycles. The zero-order valence-corrected chi connectivity index (χ0v) is 11.4. The van der Waals surface area contributed by atoms with Crippen molar-refractivity contribution in [2.75, 3.05) is 19.6 Å². The van der Waals surface area contributed by atoms with Crippen molar-refractivity contribution in [3.8, 4) is 0 Å². The molecule has 19 heavy (non-hydrogen) atoms. The highest BCUT2D eigenvalue weighted by atomic mass is 16.4. The summed E-state index contributed by atoms with van der Waals surface area (Å²) in [5.74, 6) is -0.958. The topological polar surface area (TPSA) is 107 Å². The summed E-state index contributed by atoms with van der Waals surface area (Å²) in [6.45, 7) is 3.14. The predicted octanol–water partition coefficient (Wildman–Crippen LogP) is -0.103. The van der Waals surface area contributed by atoms with Gasteiger partial charge in [0, 0.05) is 0 Å². The van der Waals surface area contributed by atoms with Crippen LogP contribution in [0.5, 0.6) is 0 Å². The fourth-order valence-electron chi connectivity index (χ4n) is 2.33. The fraction of sp³-hybridized carbons (Fsp3) is 0.917. The maximum absolute atomic E-state index is 11.3. The zero-order chi connectivity index (χ0) is 14.3. The molecule has 0 aromatic rings. The highest BCUT2D eigenvalue weighted by Gasteiger charge is 2.33. The van der Waals surface area contributed by atoms with Gasteiger partial charge in [0.2, 0.25) is 0 Å². The molecule has 0 spiro atoms. The Morgan fingerprint density at radius 3 is 2.32 bits per heavy atom. The monoisotopic (exact) mass is 272 g/mol. The third-order valence-corrected chi connectivity index (χ3v) is 3.81. The molecular weight excluding hydrogens is 247 g/mol. The summed E-state index contributed by atoms with van der Waals surface area (Å²) >= 11 is 0. The normalized spacial score (nSPS) is 18.7. The van der Waals surface area contributed by atoms with E-state index in [0.717, 1.165) is 26.1 Å². The molecule has 1 saturated heterocycles. The lowest BCUT2D eigenvalue weighted by Crippen LogP contribution is -2.48. The van der Waals surface area contributed by atoms with Crippen LogP contribution in [0.3, 0.4) is 0 Å². The number of hydrogen-bond acceptors (Lipinski definition) is 5. The molecule has 0 aromatic heterocycles. The van der Waals surface area contributed by atoms with Crippen LogP contribution in [0.4, 0.5) is 0 Å². The minimum Gasteiger partial charge on any atom is -0.480 e. The van der Waals surface area contributed by atoms with Crippen molar-refractivity contribution in [3.05, 3.63) is 0 Å². The molecule has 7 heteroatoms. The Balaban J connectivity index is 2.24. The predicted molar refractivity (Wildman–Crippen MR) is 73.7 cm³/mol. The van der Waals surface area contributed by atoms with Gasteiger partial charge in [-0.05, 0) is 51.6 Å². The van der Waals surface area contributed by atoms with Crippen molar-refractivity contribution in [2.24, 2.45) is 5.73 Å². The molecule has 0 aliphatic carbocycles. The molecule has 5 N–H and O–H groups in total. The van der Waals surface area contributed by atoms with E-state index in [1.165, 1.54) is 6.42 Å². The van der Waals surface area contributed by atoms with Crippen LogP contribution in [0.2, 0.25) is 6.32 Å². The Labute approximate surface area is 114 Å². The van der Waals surface area contributed by atoms with Crippen LogP contribution in [0, 0.1) is 0 Å². The molecule has 1 rings (SSSR count). The number of carboxylic acid groups (broad SMARTS) is 1. The highest BCUT2D eigenvalue weighted by Crippen LogP contribution is 2.20. The van der Waals surface area contributed by atoms with Crippen LogP contribution >= 0.6 is 0 Å². The number of likely N-dealkylation sites (tertiary alicyclic amines) is 1. The Bertz CT molecular complexity index is 287. The van der Waals surface area contributed by atoms with Crippen molar-refractivity contribution in [2.45, 2.75) is 50.4 Å². The van der Waals surface area contributed by atoms with E-state index in [-0.39, 0.29) is 6.32 Å². The molecule has 1 fully saturated rings. The van der Waals surface area contributed by atoms with E-state index in [0.29, 0.717) is 25.7 Å². The van der Waals surface area contributed by atoms with E-state index < -0.39 is 18.6 Å². The van der Waals surface area contributed by atoms with Gasteiger partial charge in [-0.3, -0.25) is 4.79 Å². The van der Waals surface area contributed by atoms with Gasteiger partial charge in [0.15, 0.2) is 0 Å². The van der Waals surface area contributed by atoms with Gasteiger partial charge in [-0.15, -0.1) is 0 Å². The number of aliphatic carboxylic acids is 1. The van der Waals surface area contributed by atoms with Gasteiger partial charge in [-0.25, -0.2) is 0 Å². The number of hydrogen-bond donors (Lipinski definition) is 4. The Morgan fingerprint density at radius 2 is 1.84 bits per heavy atom. The van der Waals surface area contributed by atoms with Gasteiger partial charge in [-0.2, -0.15) is 0 Å². The van der Waals surface area contributed by atoms with Crippen LogP contribution in [0.25, 0.3) is 0 Å². The first-order valence-corrected chi connectivity index (χ1v) is 7.05. The third-order valence-electron chi connectivity index (χ3n) is 3.81. The van der Waals surface area contributed by atoms with E-state index in [1.807, 2.05) is 0 Å². The lowest BCUT2D eigenvalue weighted by atomic mass is 9.81. The summed E-state index contributed by atoms with van der Waals surface area (Å²) in [6, 6.07) is 0. The second-order valence-electron chi connectivity index (χ2n) is 5.49. The first-order chi connectivity index (χ1) is 8.94. The molecule has 0 amide bonds. The standard InChI is InChI=1S/C12H25BN2O4/c14-12(11(16)17,5-1-2-7-13(18)19)6-3-8-15-9-4-10-15/h18-19H,1-10,14H2,(H,16,17). The van der Waals surface area contributed by atoms with Gasteiger partial charge >= 0.3 is 13.1 Å². The molecule has 0 radical (unpaired) electrons. The molecule has 0 aromatic carbocycles. The first-order valence-electron chi connectivity index (χ1n) is 7.05. The maximum Gasteiger partial charge on any atom is 0.451 e. The van der Waals surface area contributed by atoms with Crippen molar-refractivity contribution in [1.29, 1.82) is 0 Å². The average Bonchev–Trinajstić information content (AvgIpc) is 2.27. The van der Waals surface area contributed by atoms with Crippen LogP contribution in [0.1, 0.15) is 38.5 Å². The van der Waals surface area contributed by atoms with E-state index >= 15 is 0 Å². The van der Waals surface area contributed by atoms with E-state index in [2.05, 4.69) is 4.90 Å². The fourth-order valence-corrected chi connectivity index (χ4v) is 2.33. The minimum atomic E-state index is -1.32. The summed E-state index contributed by atoms with van der Waals surface area (Å²) in [5, 5.41) is 26.7. The van der Waals surface area contributed by atoms with E-state index in [1.54, 1.807) is 0 Å². The van der Waals surface area contributed by atoms with Gasteiger partial charge < -0.3 is 25.8 Å². The Kier molecular flexibility index (Phi) is 6.78. The zero-order valence-electron chi connectivity index (χ0n) is 11.4. The number of carboxylic acids is 1. The molecule has 1 unspecified atom stereocenters. The van der Waals surface area contributed by atoms with Gasteiger partial charge in [0.25, 0.3) is 0 Å². The molecular formula is C12H25BN2O4. The van der Waals surface area contributed by atoms with E-state index in [4.69, 9.17) is 15.8 Å². The van der Waals surface area contributed by atoms with Gasteiger partial charge in [0.05, 0.1) is 0 Å². The second kappa shape index (κ2) is 7.84. The van der Waals surface area contributed by atoms with Crippen LogP contribution in [0.15, 0.2) is 0 Å². The van der Waals surface area contributed by atoms with Crippen molar-refractivity contribution < 1.29 is 19.9 Å². The molecule has 1 heterocycles. The first kappa shape index (κ1) is 16.4. The lowest BCUT2D eigenvalue weighted by molar-refractivity contribution is -0.144. The van der Waals surface area contributed by atoms with Crippen molar-refractivity contribution >= 4 is 13.1 Å². The largest absolute Gasteiger partial charge is 0.480 e. The van der Waals surface area contributed by atoms with Crippen LogP contribution < -0.4 is 5.73 Å². The summed E-state index contributed by atoms with van der Waals surface area (Å²) in [7, 11) is -1.32. The molecule has 0 bridgehead atoms. The second-order valence-corrected chi connectivity index (χ2v) is 5.49. The average molecular weight is 272 g/mol. The van der Waals surface area contributed by atoms with Crippen molar-refractivity contribution in [1.82, 2.24) is 4.90 Å². The highest BCUT2D eigenvalue weighted by molar-refractivity contribution is 6.40. The molecule has 110 valence electrons. The third kappa shape index (κ3) is 5.90. The molecule has 1 atom stereocenters. The lowest BCUT2D eigenvalue weighted by Gasteiger charge is -2.32. The van der Waals surface area contributed by atoms with Crippen molar-refractivity contribution in [3.63, 3.8) is 0 Å². The van der Waals surface area contributed by atoms with Crippen LogP contribution in [-0.2, 0) is 4.79 Å². The molecule has 6 nitrogen and oxygen atoms in total. The SMILES string of the molecule is NC(CCCCB(O)O)(CCCN1CCC1)C(=O)O. The number of carbonyl (C=O) groups is 1. The number of unbranched alkanes of at least 4 members (excludes halogenated alkanes) is 1. The number of rotatable bonds is 10. The summed E-state index contributed by atoms with van der Waals surface area (Å²) in [5.41, 5.74) is 4.79. The smallest absolute Gasteiger partial charge is 0.451 e. The van der Waals surface area contributed by atoms with Gasteiger partial charge in [0.1, 0.15) is 5.54 Å². The number of nitrogens with two attached hydrogens (primary N) is 1. The quantitative estimate of drug-likeness (QED) is 0.327. The Morgan fingerprint density at radius 1 is 1.21 bits per heavy atom. The molecule has 1 aliphatic rings. The minimum absolute atomic E-state index is 0.267. The van der Waals surface area contributed by atoms with Gasteiger partial charge in [-0.1, -0.05) is 12.8 Å². The van der Waals surface area contributed by atoms with E-state index in [9.17, 15) is 9.90 Å². The summed E-state index contributed by atoms with van der Waals surface area (Å²) in [6.07, 6.45) is 4.33. The van der Waals surface area contributed by atoms with Crippen LogP contribution in [-0.4, -0.2) is 58.3 Å². The summed E-state index contributed by atoms with van der Waals surface area (Å²) < 4.78 is 0. The Hall–Kier alpha value is -0.625.